The number of likely N-dealkylation sites (N-methyl/N-ethyl adjacent to an activating group) is 1. The van der Waals surface area contributed by atoms with Crippen molar-refractivity contribution in [1.29, 1.82) is 0 Å². The van der Waals surface area contributed by atoms with E-state index in [1.807, 2.05) is 7.05 Å². The predicted molar refractivity (Wildman–Crippen MR) is 80.1 cm³/mol. The average molecular weight is 323 g/mol. The fourth-order valence-corrected chi connectivity index (χ4v) is 3.47. The van der Waals surface area contributed by atoms with Crippen LogP contribution in [-0.4, -0.2) is 18.6 Å². The number of thiazole rings is 1. The SMILES string of the molecule is CNCC1(c2csc(-c3ccc(Br)cc3)n2)CC1. The van der Waals surface area contributed by atoms with E-state index in [0.29, 0.717) is 5.41 Å². The lowest BCUT2D eigenvalue weighted by atomic mass is 10.0. The zero-order valence-corrected chi connectivity index (χ0v) is 12.6. The second-order valence-corrected chi connectivity index (χ2v) is 6.63. The molecule has 1 aliphatic rings. The molecule has 0 spiro atoms. The van der Waals surface area contributed by atoms with E-state index in [4.69, 9.17) is 4.98 Å². The van der Waals surface area contributed by atoms with Gasteiger partial charge in [-0.2, -0.15) is 0 Å². The summed E-state index contributed by atoms with van der Waals surface area (Å²) in [7, 11) is 2.02. The number of benzene rings is 1. The van der Waals surface area contributed by atoms with Gasteiger partial charge in [0.2, 0.25) is 0 Å². The van der Waals surface area contributed by atoms with Crippen LogP contribution in [0.4, 0.5) is 0 Å². The Kier molecular flexibility index (Phi) is 3.26. The van der Waals surface area contributed by atoms with Crippen LogP contribution in [0.3, 0.4) is 0 Å². The second kappa shape index (κ2) is 4.76. The maximum absolute atomic E-state index is 4.83. The molecule has 0 amide bonds. The molecule has 1 heterocycles. The number of halogens is 1. The minimum absolute atomic E-state index is 0.318. The molecule has 0 radical (unpaired) electrons. The van der Waals surface area contributed by atoms with Gasteiger partial charge in [-0.3, -0.25) is 0 Å². The van der Waals surface area contributed by atoms with Gasteiger partial charge in [0, 0.05) is 27.4 Å². The lowest BCUT2D eigenvalue weighted by Crippen LogP contribution is -2.23. The quantitative estimate of drug-likeness (QED) is 0.925. The van der Waals surface area contributed by atoms with Crippen molar-refractivity contribution >= 4 is 27.3 Å². The Hall–Kier alpha value is -0.710. The van der Waals surface area contributed by atoms with Crippen molar-refractivity contribution in [2.75, 3.05) is 13.6 Å². The number of hydrogen-bond donors (Lipinski definition) is 1. The monoisotopic (exact) mass is 322 g/mol. The van der Waals surface area contributed by atoms with Crippen LogP contribution in [0.1, 0.15) is 18.5 Å². The first-order valence-corrected chi connectivity index (χ1v) is 7.77. The average Bonchev–Trinajstić information content (AvgIpc) is 2.99. The molecular weight excluding hydrogens is 308 g/mol. The smallest absolute Gasteiger partial charge is 0.123 e. The van der Waals surface area contributed by atoms with Gasteiger partial charge >= 0.3 is 0 Å². The third-order valence-corrected chi connectivity index (χ3v) is 4.93. The van der Waals surface area contributed by atoms with Gasteiger partial charge in [-0.25, -0.2) is 4.98 Å². The van der Waals surface area contributed by atoms with Crippen LogP contribution in [0.5, 0.6) is 0 Å². The minimum Gasteiger partial charge on any atom is -0.319 e. The van der Waals surface area contributed by atoms with Crippen LogP contribution in [0.15, 0.2) is 34.1 Å². The van der Waals surface area contributed by atoms with E-state index in [1.165, 1.54) is 24.1 Å². The van der Waals surface area contributed by atoms with Gasteiger partial charge in [0.25, 0.3) is 0 Å². The van der Waals surface area contributed by atoms with Gasteiger partial charge in [0.05, 0.1) is 5.69 Å². The van der Waals surface area contributed by atoms with E-state index in [1.54, 1.807) is 11.3 Å². The maximum Gasteiger partial charge on any atom is 0.123 e. The highest BCUT2D eigenvalue weighted by Crippen LogP contribution is 2.48. The summed E-state index contributed by atoms with van der Waals surface area (Å²) in [4.78, 5) is 4.83. The molecule has 1 aromatic carbocycles. The lowest BCUT2D eigenvalue weighted by Gasteiger charge is -2.10. The molecule has 0 unspecified atom stereocenters. The van der Waals surface area contributed by atoms with Crippen LogP contribution in [0.2, 0.25) is 0 Å². The summed E-state index contributed by atoms with van der Waals surface area (Å²) < 4.78 is 1.11. The molecule has 1 aromatic heterocycles. The molecule has 2 nitrogen and oxygen atoms in total. The largest absolute Gasteiger partial charge is 0.319 e. The zero-order valence-electron chi connectivity index (χ0n) is 10.2. The molecular formula is C14H15BrN2S. The highest BCUT2D eigenvalue weighted by molar-refractivity contribution is 9.10. The van der Waals surface area contributed by atoms with Gasteiger partial charge in [-0.15, -0.1) is 11.3 Å². The molecule has 1 N–H and O–H groups in total. The summed E-state index contributed by atoms with van der Waals surface area (Å²) in [6.45, 7) is 1.04. The zero-order chi connectivity index (χ0) is 12.6. The van der Waals surface area contributed by atoms with E-state index >= 15 is 0 Å². The van der Waals surface area contributed by atoms with E-state index in [0.717, 1.165) is 16.0 Å². The van der Waals surface area contributed by atoms with Gasteiger partial charge in [0.1, 0.15) is 5.01 Å². The summed E-state index contributed by atoms with van der Waals surface area (Å²) in [6.07, 6.45) is 2.52. The molecule has 0 bridgehead atoms. The third kappa shape index (κ3) is 2.25. The van der Waals surface area contributed by atoms with Gasteiger partial charge in [-0.1, -0.05) is 28.1 Å². The third-order valence-electron chi connectivity index (χ3n) is 3.51. The molecule has 94 valence electrons. The Morgan fingerprint density at radius 2 is 2.06 bits per heavy atom. The van der Waals surface area contributed by atoms with Crippen LogP contribution in [0, 0.1) is 0 Å². The second-order valence-electron chi connectivity index (χ2n) is 4.86. The minimum atomic E-state index is 0.318. The van der Waals surface area contributed by atoms with Crippen LogP contribution < -0.4 is 5.32 Å². The van der Waals surface area contributed by atoms with Crippen molar-refractivity contribution < 1.29 is 0 Å². The first kappa shape index (κ1) is 12.3. The van der Waals surface area contributed by atoms with Crippen molar-refractivity contribution in [3.8, 4) is 10.6 Å². The van der Waals surface area contributed by atoms with E-state index < -0.39 is 0 Å². The van der Waals surface area contributed by atoms with Gasteiger partial charge in [0.15, 0.2) is 0 Å². The fraction of sp³-hybridized carbons (Fsp3) is 0.357. The van der Waals surface area contributed by atoms with Gasteiger partial charge < -0.3 is 5.32 Å². The van der Waals surface area contributed by atoms with E-state index in [9.17, 15) is 0 Å². The number of nitrogens with one attached hydrogen (secondary N) is 1. The molecule has 2 aromatic rings. The van der Waals surface area contributed by atoms with Gasteiger partial charge in [-0.05, 0) is 32.0 Å². The number of hydrogen-bond acceptors (Lipinski definition) is 3. The normalized spacial score (nSPS) is 16.8. The van der Waals surface area contributed by atoms with Crippen molar-refractivity contribution in [2.24, 2.45) is 0 Å². The number of aromatic nitrogens is 1. The molecule has 4 heteroatoms. The molecule has 3 rings (SSSR count). The van der Waals surface area contributed by atoms with Crippen LogP contribution >= 0.6 is 27.3 Å². The standard InChI is InChI=1S/C14H15BrN2S/c1-16-9-14(6-7-14)12-8-18-13(17-12)10-2-4-11(15)5-3-10/h2-5,8,16H,6-7,9H2,1H3. The molecule has 18 heavy (non-hydrogen) atoms. The van der Waals surface area contributed by atoms with Crippen LogP contribution in [-0.2, 0) is 5.41 Å². The first-order chi connectivity index (χ1) is 8.73. The Balaban J connectivity index is 1.88. The van der Waals surface area contributed by atoms with E-state index in [2.05, 4.69) is 50.9 Å². The Bertz CT molecular complexity index is 543. The molecule has 0 atom stereocenters. The summed E-state index contributed by atoms with van der Waals surface area (Å²) >= 11 is 5.21. The summed E-state index contributed by atoms with van der Waals surface area (Å²) in [5.74, 6) is 0. The molecule has 0 saturated heterocycles. The molecule has 0 aliphatic heterocycles. The van der Waals surface area contributed by atoms with Crippen LogP contribution in [0.25, 0.3) is 10.6 Å². The number of rotatable bonds is 4. The summed E-state index contributed by atoms with van der Waals surface area (Å²) in [5.41, 5.74) is 2.79. The van der Waals surface area contributed by atoms with Crippen molar-refractivity contribution in [1.82, 2.24) is 10.3 Å². The van der Waals surface area contributed by atoms with Crippen molar-refractivity contribution in [3.63, 3.8) is 0 Å². The summed E-state index contributed by atoms with van der Waals surface area (Å²) in [6, 6.07) is 8.36. The summed E-state index contributed by atoms with van der Waals surface area (Å²) in [5, 5.41) is 6.63. The highest BCUT2D eigenvalue weighted by atomic mass is 79.9. The topological polar surface area (TPSA) is 24.9 Å². The molecule has 1 fully saturated rings. The maximum atomic E-state index is 4.83. The van der Waals surface area contributed by atoms with Crippen molar-refractivity contribution in [2.45, 2.75) is 18.3 Å². The number of nitrogens with zero attached hydrogens (tertiary/aromatic N) is 1. The highest BCUT2D eigenvalue weighted by Gasteiger charge is 2.45. The molecule has 1 aliphatic carbocycles. The molecule has 1 saturated carbocycles. The first-order valence-electron chi connectivity index (χ1n) is 6.10. The van der Waals surface area contributed by atoms with Crippen molar-refractivity contribution in [3.05, 3.63) is 39.8 Å². The predicted octanol–water partition coefficient (Wildman–Crippen LogP) is 3.82. The van der Waals surface area contributed by atoms with E-state index in [-0.39, 0.29) is 0 Å². The lowest BCUT2D eigenvalue weighted by molar-refractivity contribution is 0.611. The Morgan fingerprint density at radius 1 is 1.33 bits per heavy atom. The Labute approximate surface area is 120 Å². The fourth-order valence-electron chi connectivity index (χ4n) is 2.26. The Morgan fingerprint density at radius 3 is 2.67 bits per heavy atom.